The van der Waals surface area contributed by atoms with Crippen LogP contribution in [0.2, 0.25) is 0 Å². The van der Waals surface area contributed by atoms with Crippen molar-refractivity contribution in [3.8, 4) is 0 Å². The number of carbonyl (C=O) groups excluding carboxylic acids is 1. The molecule has 1 aromatic rings. The van der Waals surface area contributed by atoms with Gasteiger partial charge >= 0.3 is 0 Å². The van der Waals surface area contributed by atoms with Crippen molar-refractivity contribution >= 4 is 11.6 Å². The Morgan fingerprint density at radius 1 is 1.16 bits per heavy atom. The molecule has 5 heteroatoms. The number of nitrogens with zero attached hydrogens (tertiary/aromatic N) is 2. The SMILES string of the molecule is CC(C)N1CCN(c2ccc(C(=O)NC[C@@H]3CCCCO3)cc2)CC1. The van der Waals surface area contributed by atoms with Crippen molar-refractivity contribution in [1.82, 2.24) is 10.2 Å². The molecule has 0 saturated carbocycles. The number of carbonyl (C=O) groups is 1. The number of anilines is 1. The number of hydrogen-bond donors (Lipinski definition) is 1. The summed E-state index contributed by atoms with van der Waals surface area (Å²) in [6.45, 7) is 10.2. The fourth-order valence-corrected chi connectivity index (χ4v) is 3.60. The Labute approximate surface area is 151 Å². The average Bonchev–Trinajstić information content (AvgIpc) is 2.67. The Morgan fingerprint density at radius 3 is 2.48 bits per heavy atom. The molecule has 0 aromatic heterocycles. The molecule has 2 heterocycles. The lowest BCUT2D eigenvalue weighted by molar-refractivity contribution is 0.0169. The summed E-state index contributed by atoms with van der Waals surface area (Å²) in [5.74, 6) is -0.00893. The van der Waals surface area contributed by atoms with Gasteiger partial charge in [0, 0.05) is 56.6 Å². The fourth-order valence-electron chi connectivity index (χ4n) is 3.60. The number of amides is 1. The van der Waals surface area contributed by atoms with Crippen LogP contribution in [0.3, 0.4) is 0 Å². The highest BCUT2D eigenvalue weighted by Gasteiger charge is 2.19. The Kier molecular flexibility index (Phi) is 6.32. The van der Waals surface area contributed by atoms with Crippen LogP contribution >= 0.6 is 0 Å². The predicted octanol–water partition coefficient (Wildman–Crippen LogP) is 2.52. The molecule has 0 bridgehead atoms. The summed E-state index contributed by atoms with van der Waals surface area (Å²) >= 11 is 0. The van der Waals surface area contributed by atoms with Gasteiger partial charge in [0.1, 0.15) is 0 Å². The monoisotopic (exact) mass is 345 g/mol. The van der Waals surface area contributed by atoms with Crippen LogP contribution in [0.4, 0.5) is 5.69 Å². The third-order valence-corrected chi connectivity index (χ3v) is 5.30. The zero-order valence-corrected chi connectivity index (χ0v) is 15.5. The van der Waals surface area contributed by atoms with Crippen LogP contribution in [-0.4, -0.2) is 62.3 Å². The maximum absolute atomic E-state index is 12.3. The second kappa shape index (κ2) is 8.68. The molecule has 2 fully saturated rings. The quantitative estimate of drug-likeness (QED) is 0.891. The average molecular weight is 345 g/mol. The molecule has 1 atom stereocenters. The minimum absolute atomic E-state index is 0.00893. The number of ether oxygens (including phenoxy) is 1. The second-order valence-electron chi connectivity index (χ2n) is 7.36. The number of rotatable bonds is 5. The predicted molar refractivity (Wildman–Crippen MR) is 101 cm³/mol. The Morgan fingerprint density at radius 2 is 1.88 bits per heavy atom. The Hall–Kier alpha value is -1.59. The third kappa shape index (κ3) is 4.95. The lowest BCUT2D eigenvalue weighted by atomic mass is 10.1. The highest BCUT2D eigenvalue weighted by molar-refractivity contribution is 5.94. The molecule has 2 aliphatic rings. The van der Waals surface area contributed by atoms with Gasteiger partial charge < -0.3 is 15.0 Å². The summed E-state index contributed by atoms with van der Waals surface area (Å²) < 4.78 is 5.66. The molecule has 2 aliphatic heterocycles. The summed E-state index contributed by atoms with van der Waals surface area (Å²) in [5, 5.41) is 3.00. The van der Waals surface area contributed by atoms with E-state index in [4.69, 9.17) is 4.74 Å². The summed E-state index contributed by atoms with van der Waals surface area (Å²) in [4.78, 5) is 17.2. The second-order valence-corrected chi connectivity index (χ2v) is 7.36. The first-order chi connectivity index (χ1) is 12.1. The van der Waals surface area contributed by atoms with Crippen LogP contribution in [0.1, 0.15) is 43.5 Å². The molecule has 5 nitrogen and oxygen atoms in total. The maximum Gasteiger partial charge on any atom is 0.251 e. The Balaban J connectivity index is 1.49. The first-order valence-corrected chi connectivity index (χ1v) is 9.62. The van der Waals surface area contributed by atoms with Crippen molar-refractivity contribution in [2.45, 2.75) is 45.3 Å². The molecule has 25 heavy (non-hydrogen) atoms. The largest absolute Gasteiger partial charge is 0.376 e. The zero-order valence-electron chi connectivity index (χ0n) is 15.5. The van der Waals surface area contributed by atoms with Crippen molar-refractivity contribution < 1.29 is 9.53 Å². The molecule has 0 spiro atoms. The van der Waals surface area contributed by atoms with Gasteiger partial charge in [-0.15, -0.1) is 0 Å². The summed E-state index contributed by atoms with van der Waals surface area (Å²) in [6.07, 6.45) is 3.55. The highest BCUT2D eigenvalue weighted by Crippen LogP contribution is 2.18. The summed E-state index contributed by atoms with van der Waals surface area (Å²) in [7, 11) is 0. The van der Waals surface area contributed by atoms with Gasteiger partial charge in [-0.25, -0.2) is 0 Å². The first kappa shape index (κ1) is 18.2. The van der Waals surface area contributed by atoms with E-state index < -0.39 is 0 Å². The molecule has 0 radical (unpaired) electrons. The number of hydrogen-bond acceptors (Lipinski definition) is 4. The molecule has 1 amide bonds. The van der Waals surface area contributed by atoms with Crippen molar-refractivity contribution in [2.75, 3.05) is 44.2 Å². The highest BCUT2D eigenvalue weighted by atomic mass is 16.5. The van der Waals surface area contributed by atoms with E-state index in [1.165, 1.54) is 12.1 Å². The molecule has 0 aliphatic carbocycles. The van der Waals surface area contributed by atoms with Gasteiger partial charge in [0.25, 0.3) is 5.91 Å². The van der Waals surface area contributed by atoms with Crippen molar-refractivity contribution in [3.05, 3.63) is 29.8 Å². The fraction of sp³-hybridized carbons (Fsp3) is 0.650. The van der Waals surface area contributed by atoms with Crippen LogP contribution in [0.25, 0.3) is 0 Å². The molecule has 2 saturated heterocycles. The van der Waals surface area contributed by atoms with E-state index in [-0.39, 0.29) is 12.0 Å². The van der Waals surface area contributed by atoms with Crippen LogP contribution in [-0.2, 0) is 4.74 Å². The van der Waals surface area contributed by atoms with Crippen LogP contribution in [0.15, 0.2) is 24.3 Å². The minimum atomic E-state index is -0.00893. The normalized spacial score (nSPS) is 22.2. The zero-order chi connectivity index (χ0) is 17.6. The molecule has 1 aromatic carbocycles. The molecular weight excluding hydrogens is 314 g/mol. The van der Waals surface area contributed by atoms with Gasteiger partial charge in [-0.3, -0.25) is 9.69 Å². The number of piperazine rings is 1. The smallest absolute Gasteiger partial charge is 0.251 e. The Bertz CT molecular complexity index is 545. The van der Waals surface area contributed by atoms with E-state index in [2.05, 4.69) is 41.1 Å². The van der Waals surface area contributed by atoms with Gasteiger partial charge in [0.05, 0.1) is 6.10 Å². The van der Waals surface area contributed by atoms with E-state index >= 15 is 0 Å². The first-order valence-electron chi connectivity index (χ1n) is 9.62. The van der Waals surface area contributed by atoms with Gasteiger partial charge in [-0.05, 0) is 57.4 Å². The minimum Gasteiger partial charge on any atom is -0.376 e. The molecule has 3 rings (SSSR count). The summed E-state index contributed by atoms with van der Waals surface area (Å²) in [6, 6.07) is 8.61. The summed E-state index contributed by atoms with van der Waals surface area (Å²) in [5.41, 5.74) is 1.93. The van der Waals surface area contributed by atoms with Gasteiger partial charge in [0.2, 0.25) is 0 Å². The van der Waals surface area contributed by atoms with Gasteiger partial charge in [-0.1, -0.05) is 0 Å². The van der Waals surface area contributed by atoms with E-state index in [0.717, 1.165) is 51.2 Å². The number of nitrogens with one attached hydrogen (secondary N) is 1. The third-order valence-electron chi connectivity index (χ3n) is 5.30. The maximum atomic E-state index is 12.3. The van der Waals surface area contributed by atoms with E-state index in [1.807, 2.05) is 12.1 Å². The number of benzene rings is 1. The molecule has 1 N–H and O–H groups in total. The van der Waals surface area contributed by atoms with Crippen molar-refractivity contribution in [3.63, 3.8) is 0 Å². The lowest BCUT2D eigenvalue weighted by Crippen LogP contribution is -2.48. The topological polar surface area (TPSA) is 44.8 Å². The lowest BCUT2D eigenvalue weighted by Gasteiger charge is -2.38. The molecule has 0 unspecified atom stereocenters. The molecule has 138 valence electrons. The van der Waals surface area contributed by atoms with Crippen molar-refractivity contribution in [2.24, 2.45) is 0 Å². The van der Waals surface area contributed by atoms with Crippen molar-refractivity contribution in [1.29, 1.82) is 0 Å². The molecular formula is C20H31N3O2. The van der Waals surface area contributed by atoms with Crippen LogP contribution in [0.5, 0.6) is 0 Å². The van der Waals surface area contributed by atoms with Crippen LogP contribution < -0.4 is 10.2 Å². The standard InChI is InChI=1S/C20H31N3O2/c1-16(2)22-10-12-23(13-11-22)18-8-6-17(7-9-18)20(24)21-15-19-5-3-4-14-25-19/h6-9,16,19H,3-5,10-15H2,1-2H3,(H,21,24)/t19-/m0/s1. The van der Waals surface area contributed by atoms with E-state index in [1.54, 1.807) is 0 Å². The van der Waals surface area contributed by atoms with Crippen LogP contribution in [0, 0.1) is 0 Å². The van der Waals surface area contributed by atoms with Gasteiger partial charge in [-0.2, -0.15) is 0 Å². The van der Waals surface area contributed by atoms with Gasteiger partial charge in [0.15, 0.2) is 0 Å². The van der Waals surface area contributed by atoms with E-state index in [9.17, 15) is 4.79 Å². The van der Waals surface area contributed by atoms with E-state index in [0.29, 0.717) is 12.6 Å².